The minimum atomic E-state index is 0. The second kappa shape index (κ2) is 13.1. The molecule has 8 heteroatoms. The smallest absolute Gasteiger partial charge is 0.191 e. The third-order valence-electron chi connectivity index (χ3n) is 5.18. The van der Waals surface area contributed by atoms with Crippen LogP contribution in [0.4, 0.5) is 0 Å². The third kappa shape index (κ3) is 7.86. The summed E-state index contributed by atoms with van der Waals surface area (Å²) in [4.78, 5) is 7.15. The number of hydrogen-bond donors (Lipinski definition) is 2. The fraction of sp³-hybridized carbons (Fsp3) is 0.650. The lowest BCUT2D eigenvalue weighted by molar-refractivity contribution is -0.00254. The molecule has 2 rings (SSSR count). The number of benzene rings is 1. The van der Waals surface area contributed by atoms with Gasteiger partial charge in [0.2, 0.25) is 0 Å². The highest BCUT2D eigenvalue weighted by molar-refractivity contribution is 14.0. The Morgan fingerprint density at radius 2 is 1.93 bits per heavy atom. The Balaban J connectivity index is 0.00000392. The van der Waals surface area contributed by atoms with Gasteiger partial charge in [-0.25, -0.2) is 0 Å². The zero-order valence-electron chi connectivity index (χ0n) is 17.1. The molecule has 1 fully saturated rings. The van der Waals surface area contributed by atoms with Crippen LogP contribution >= 0.6 is 47.2 Å². The molecular formula is C20H33Cl2IN4O. The average molecular weight is 543 g/mol. The van der Waals surface area contributed by atoms with E-state index < -0.39 is 0 Å². The van der Waals surface area contributed by atoms with Crippen molar-refractivity contribution in [3.8, 4) is 0 Å². The number of rotatable bonds is 8. The molecule has 0 aliphatic carbocycles. The van der Waals surface area contributed by atoms with Gasteiger partial charge in [-0.3, -0.25) is 4.99 Å². The fourth-order valence-electron chi connectivity index (χ4n) is 3.28. The monoisotopic (exact) mass is 542 g/mol. The van der Waals surface area contributed by atoms with E-state index in [4.69, 9.17) is 32.9 Å². The number of halogens is 3. The Hall–Kier alpha value is -0.280. The number of hydrogen-bond acceptors (Lipinski definition) is 3. The van der Waals surface area contributed by atoms with Crippen LogP contribution in [0.15, 0.2) is 23.2 Å². The van der Waals surface area contributed by atoms with E-state index in [9.17, 15) is 0 Å². The molecule has 0 radical (unpaired) electrons. The van der Waals surface area contributed by atoms with Crippen molar-refractivity contribution in [1.29, 1.82) is 0 Å². The summed E-state index contributed by atoms with van der Waals surface area (Å²) >= 11 is 12.2. The molecule has 0 atom stereocenters. The van der Waals surface area contributed by atoms with Crippen LogP contribution in [0.3, 0.4) is 0 Å². The molecule has 0 amide bonds. The molecule has 160 valence electrons. The largest absolute Gasteiger partial charge is 0.381 e. The lowest BCUT2D eigenvalue weighted by Crippen LogP contribution is -2.51. The second-order valence-electron chi connectivity index (χ2n) is 7.19. The van der Waals surface area contributed by atoms with Crippen LogP contribution in [0.2, 0.25) is 10.0 Å². The van der Waals surface area contributed by atoms with Gasteiger partial charge in [0.1, 0.15) is 0 Å². The van der Waals surface area contributed by atoms with Crippen LogP contribution in [-0.4, -0.2) is 63.3 Å². The van der Waals surface area contributed by atoms with Gasteiger partial charge in [0.05, 0.1) is 6.54 Å². The summed E-state index contributed by atoms with van der Waals surface area (Å²) in [5, 5.41) is 8.18. The van der Waals surface area contributed by atoms with Crippen LogP contribution in [0.25, 0.3) is 0 Å². The summed E-state index contributed by atoms with van der Waals surface area (Å²) < 4.78 is 5.54. The molecule has 0 aromatic heterocycles. The lowest BCUT2D eigenvalue weighted by Gasteiger charge is -2.41. The van der Waals surface area contributed by atoms with Gasteiger partial charge < -0.3 is 20.3 Å². The van der Waals surface area contributed by atoms with Crippen molar-refractivity contribution in [3.05, 3.63) is 33.8 Å². The predicted molar refractivity (Wildman–Crippen MR) is 131 cm³/mol. The minimum Gasteiger partial charge on any atom is -0.381 e. The van der Waals surface area contributed by atoms with E-state index in [0.717, 1.165) is 75.1 Å². The Labute approximate surface area is 196 Å². The molecule has 1 aliphatic rings. The quantitative estimate of drug-likeness (QED) is 0.223. The number of aryl methyl sites for hydroxylation is 1. The van der Waals surface area contributed by atoms with Crippen molar-refractivity contribution in [3.63, 3.8) is 0 Å². The van der Waals surface area contributed by atoms with E-state index in [0.29, 0.717) is 5.02 Å². The van der Waals surface area contributed by atoms with E-state index in [1.807, 2.05) is 12.1 Å². The normalized spacial score (nSPS) is 16.6. The number of likely N-dealkylation sites (N-methyl/N-ethyl adjacent to an activating group) is 1. The van der Waals surface area contributed by atoms with Crippen LogP contribution in [0.5, 0.6) is 0 Å². The van der Waals surface area contributed by atoms with Gasteiger partial charge in [-0.05, 0) is 64.4 Å². The highest BCUT2D eigenvalue weighted by Gasteiger charge is 2.34. The van der Waals surface area contributed by atoms with Crippen molar-refractivity contribution in [2.45, 2.75) is 38.1 Å². The number of nitrogens with zero attached hydrogens (tertiary/aromatic N) is 2. The first kappa shape index (κ1) is 25.8. The molecule has 1 heterocycles. The molecule has 1 aliphatic heterocycles. The first-order valence-corrected chi connectivity index (χ1v) is 10.4. The zero-order valence-corrected chi connectivity index (χ0v) is 20.9. The van der Waals surface area contributed by atoms with Gasteiger partial charge in [-0.1, -0.05) is 29.3 Å². The Bertz CT molecular complexity index is 622. The summed E-state index contributed by atoms with van der Waals surface area (Å²) in [6.07, 6.45) is 3.90. The summed E-state index contributed by atoms with van der Waals surface area (Å²) in [6, 6.07) is 5.68. The standard InChI is InChI=1S/C20H32Cl2N4O.HI/c1-4-23-19(25-15-20(26(2)3)9-12-27-13-10-20)24-11-5-6-16-7-8-17(21)14-18(16)22;/h7-8,14H,4-6,9-13,15H2,1-3H3,(H2,23,24,25);1H. The van der Waals surface area contributed by atoms with Crippen LogP contribution in [-0.2, 0) is 11.2 Å². The summed E-state index contributed by atoms with van der Waals surface area (Å²) in [5.74, 6) is 0.868. The van der Waals surface area contributed by atoms with Gasteiger partial charge in [-0.15, -0.1) is 24.0 Å². The molecule has 0 spiro atoms. The molecule has 1 saturated heterocycles. The SMILES string of the molecule is CCNC(=NCC1(N(C)C)CCOCC1)NCCCc1ccc(Cl)cc1Cl.I. The van der Waals surface area contributed by atoms with Crippen molar-refractivity contribution in [1.82, 2.24) is 15.5 Å². The number of aliphatic imine (C=N–C) groups is 1. The summed E-state index contributed by atoms with van der Waals surface area (Å²) in [5.41, 5.74) is 1.20. The first-order chi connectivity index (χ1) is 13.0. The minimum absolute atomic E-state index is 0. The molecular weight excluding hydrogens is 510 g/mol. The van der Waals surface area contributed by atoms with Crippen molar-refractivity contribution < 1.29 is 4.74 Å². The maximum atomic E-state index is 6.25. The molecule has 1 aromatic carbocycles. The van der Waals surface area contributed by atoms with Crippen LogP contribution in [0, 0.1) is 0 Å². The van der Waals surface area contributed by atoms with Gasteiger partial charge >= 0.3 is 0 Å². The van der Waals surface area contributed by atoms with Crippen molar-refractivity contribution in [2.24, 2.45) is 4.99 Å². The van der Waals surface area contributed by atoms with Crippen molar-refractivity contribution in [2.75, 3.05) is 46.9 Å². The first-order valence-electron chi connectivity index (χ1n) is 9.68. The Morgan fingerprint density at radius 1 is 1.21 bits per heavy atom. The van der Waals surface area contributed by atoms with E-state index in [2.05, 4.69) is 36.6 Å². The van der Waals surface area contributed by atoms with E-state index in [-0.39, 0.29) is 29.5 Å². The summed E-state index contributed by atoms with van der Waals surface area (Å²) in [6.45, 7) is 6.14. The molecule has 0 bridgehead atoms. The molecule has 0 saturated carbocycles. The molecule has 5 nitrogen and oxygen atoms in total. The van der Waals surface area contributed by atoms with Gasteiger partial charge in [0.25, 0.3) is 0 Å². The van der Waals surface area contributed by atoms with Crippen molar-refractivity contribution >= 4 is 53.1 Å². The maximum Gasteiger partial charge on any atom is 0.191 e. The predicted octanol–water partition coefficient (Wildman–Crippen LogP) is 4.21. The highest BCUT2D eigenvalue weighted by Crippen LogP contribution is 2.26. The van der Waals surface area contributed by atoms with E-state index in [1.165, 1.54) is 0 Å². The molecule has 28 heavy (non-hydrogen) atoms. The number of ether oxygens (including phenoxy) is 1. The maximum absolute atomic E-state index is 6.25. The van der Waals surface area contributed by atoms with E-state index >= 15 is 0 Å². The van der Waals surface area contributed by atoms with Crippen LogP contribution < -0.4 is 10.6 Å². The zero-order chi connectivity index (χ0) is 19.7. The molecule has 0 unspecified atom stereocenters. The number of nitrogens with one attached hydrogen (secondary N) is 2. The second-order valence-corrected chi connectivity index (χ2v) is 8.04. The van der Waals surface area contributed by atoms with Crippen LogP contribution in [0.1, 0.15) is 31.7 Å². The lowest BCUT2D eigenvalue weighted by atomic mass is 9.89. The topological polar surface area (TPSA) is 48.9 Å². The number of guanidine groups is 1. The van der Waals surface area contributed by atoms with Gasteiger partial charge in [0.15, 0.2) is 5.96 Å². The molecule has 2 N–H and O–H groups in total. The van der Waals surface area contributed by atoms with E-state index in [1.54, 1.807) is 6.07 Å². The van der Waals surface area contributed by atoms with Gasteiger partial charge in [-0.2, -0.15) is 0 Å². The third-order valence-corrected chi connectivity index (χ3v) is 5.77. The summed E-state index contributed by atoms with van der Waals surface area (Å²) in [7, 11) is 4.27. The Morgan fingerprint density at radius 3 is 2.54 bits per heavy atom. The molecule has 1 aromatic rings. The Kier molecular flexibility index (Phi) is 12.1. The highest BCUT2D eigenvalue weighted by atomic mass is 127. The average Bonchev–Trinajstić information content (AvgIpc) is 2.65. The van der Waals surface area contributed by atoms with Gasteiger partial charge in [0, 0.05) is 41.9 Å². The fourth-order valence-corrected chi connectivity index (χ4v) is 3.78.